The van der Waals surface area contributed by atoms with Crippen LogP contribution in [-0.2, 0) is 28.5 Å². The molecule has 2 saturated heterocycles. The van der Waals surface area contributed by atoms with Gasteiger partial charge in [0.25, 0.3) is 0 Å². The third-order valence-corrected chi connectivity index (χ3v) is 10.1. The third-order valence-electron chi connectivity index (χ3n) is 10.1. The maximum atomic E-state index is 13.2. The van der Waals surface area contributed by atoms with Gasteiger partial charge in [0.05, 0.1) is 12.0 Å². The minimum absolute atomic E-state index is 0.0696. The van der Waals surface area contributed by atoms with Crippen molar-refractivity contribution in [3.05, 3.63) is 118 Å². The third kappa shape index (κ3) is 11.5. The van der Waals surface area contributed by atoms with Crippen molar-refractivity contribution in [2.24, 2.45) is 0 Å². The van der Waals surface area contributed by atoms with Crippen LogP contribution in [0, 0.1) is 0 Å². The molecule has 0 radical (unpaired) electrons. The minimum atomic E-state index is -1.85. The second-order valence-electron chi connectivity index (χ2n) is 15.0. The number of ether oxygens (including phenoxy) is 5. The van der Waals surface area contributed by atoms with Crippen molar-refractivity contribution in [1.29, 1.82) is 0 Å². The summed E-state index contributed by atoms with van der Waals surface area (Å²) in [7, 11) is 0. The highest BCUT2D eigenvalue weighted by Gasteiger charge is 2.47. The van der Waals surface area contributed by atoms with Crippen LogP contribution < -0.4 is 10.2 Å². The summed E-state index contributed by atoms with van der Waals surface area (Å²) in [6, 6.07) is 4.46. The first-order chi connectivity index (χ1) is 30.3. The first-order valence-corrected chi connectivity index (χ1v) is 19.7. The normalized spacial score (nSPS) is 27.5. The van der Waals surface area contributed by atoms with Gasteiger partial charge in [-0.25, -0.2) is 9.59 Å². The van der Waals surface area contributed by atoms with E-state index in [1.54, 1.807) is 48.6 Å². The Balaban J connectivity index is 1.11. The Bertz CT molecular complexity index is 2470. The molecule has 64 heavy (non-hydrogen) atoms. The van der Waals surface area contributed by atoms with E-state index in [4.69, 9.17) is 28.1 Å². The minimum Gasteiger partial charge on any atom is -0.504 e. The topological polar surface area (TPSA) is 313 Å². The molecule has 0 spiro atoms. The highest BCUT2D eigenvalue weighted by Crippen LogP contribution is 2.38. The Morgan fingerprint density at radius 1 is 0.656 bits per heavy atom. The number of carbonyl (C=O) groups excluding carboxylic acids is 2. The average Bonchev–Trinajstić information content (AvgIpc) is 3.26. The average molecular weight is 895 g/mol. The number of phenolic OH excluding ortho intramolecular Hbond substituents is 3. The molecule has 2 aromatic carbocycles. The van der Waals surface area contributed by atoms with Crippen molar-refractivity contribution in [1.82, 2.24) is 0 Å². The van der Waals surface area contributed by atoms with Crippen molar-refractivity contribution in [3.63, 3.8) is 0 Å². The van der Waals surface area contributed by atoms with Crippen molar-refractivity contribution < 1.29 is 88.8 Å². The standard InChI is InChI=1S/C45H50O19/c1-21(9-5-6-10-22(2)12-8-14-24(4)43(58)64-45-41(56)38(53)36(51)31(19-46)62-45)11-7-13-23(3)42(57)59-20-32-37(52)39(54)40(55)44(63-32)61-29-16-15-28-33(35(29)50)34(49)25-17-26(47)27(48)18-30(25)60-28/h5-18,31-32,36-41,44-48,50-56H,19-20H2,1-4H3/b6-5-,11-7+,12-8+,21-9+,22-10+,23-13+,24-14+/t31-,32-,36-,37-,38+,39+,40-,41-,44-,45+/m1/s1. The molecule has 10 atom stereocenters. The van der Waals surface area contributed by atoms with Gasteiger partial charge < -0.3 is 79.2 Å². The summed E-state index contributed by atoms with van der Waals surface area (Å²) in [5.41, 5.74) is 1.01. The van der Waals surface area contributed by atoms with Gasteiger partial charge in [0.2, 0.25) is 18.0 Å². The van der Waals surface area contributed by atoms with Crippen LogP contribution in [0.4, 0.5) is 0 Å². The lowest BCUT2D eigenvalue weighted by atomic mass is 9.99. The van der Waals surface area contributed by atoms with Crippen LogP contribution in [0.1, 0.15) is 27.7 Å². The van der Waals surface area contributed by atoms with Crippen molar-refractivity contribution in [2.75, 3.05) is 13.2 Å². The van der Waals surface area contributed by atoms with E-state index in [0.29, 0.717) is 0 Å². The van der Waals surface area contributed by atoms with E-state index in [0.717, 1.165) is 23.3 Å². The number of benzene rings is 2. The number of allylic oxidation sites excluding steroid dienone is 12. The molecule has 19 nitrogen and oxygen atoms in total. The Labute approximate surface area is 364 Å². The maximum absolute atomic E-state index is 13.2. The molecule has 3 aromatic rings. The molecule has 0 unspecified atom stereocenters. The second kappa shape index (κ2) is 21.5. The van der Waals surface area contributed by atoms with Crippen LogP contribution in [0.3, 0.4) is 0 Å². The fourth-order valence-electron chi connectivity index (χ4n) is 6.29. The van der Waals surface area contributed by atoms with E-state index in [1.807, 2.05) is 13.8 Å². The van der Waals surface area contributed by atoms with Gasteiger partial charge in [-0.1, -0.05) is 71.9 Å². The zero-order chi connectivity index (χ0) is 47.0. The molecule has 2 fully saturated rings. The predicted octanol–water partition coefficient (Wildman–Crippen LogP) is 1.59. The van der Waals surface area contributed by atoms with Crippen LogP contribution in [-0.4, -0.2) is 138 Å². The molecule has 0 saturated carbocycles. The van der Waals surface area contributed by atoms with E-state index >= 15 is 0 Å². The molecule has 0 amide bonds. The highest BCUT2D eigenvalue weighted by molar-refractivity contribution is 5.95. The van der Waals surface area contributed by atoms with E-state index in [1.165, 1.54) is 38.1 Å². The van der Waals surface area contributed by atoms with Crippen LogP contribution in [0.5, 0.6) is 23.0 Å². The summed E-state index contributed by atoms with van der Waals surface area (Å²) < 4.78 is 32.4. The van der Waals surface area contributed by atoms with Gasteiger partial charge in [0.1, 0.15) is 72.0 Å². The largest absolute Gasteiger partial charge is 0.504 e. The molecule has 5 rings (SSSR count). The van der Waals surface area contributed by atoms with Gasteiger partial charge in [0.15, 0.2) is 23.0 Å². The smallest absolute Gasteiger partial charge is 0.336 e. The highest BCUT2D eigenvalue weighted by atomic mass is 16.7. The lowest BCUT2D eigenvalue weighted by Crippen LogP contribution is -2.60. The van der Waals surface area contributed by atoms with E-state index in [9.17, 15) is 65.4 Å². The van der Waals surface area contributed by atoms with Gasteiger partial charge in [-0.2, -0.15) is 0 Å². The second-order valence-corrected chi connectivity index (χ2v) is 15.0. The van der Waals surface area contributed by atoms with Crippen LogP contribution >= 0.6 is 0 Å². The SMILES string of the molecule is CC(/C=C/C=C(\C)C(=O)OC[C@H]1O[C@@H](Oc2ccc3oc4cc(O)c(O)cc4c(=O)c3c2O)[C@H](O)[C@@H](O)[C@@H]1O)=C\C=C/C=C(C)/C=C/C=C(\C)C(=O)O[C@@H]1O[C@H](CO)[C@@H](O)[C@H](O)[C@H]1O. The molecule has 2 aliphatic rings. The number of esters is 2. The predicted molar refractivity (Wildman–Crippen MR) is 226 cm³/mol. The summed E-state index contributed by atoms with van der Waals surface area (Å²) in [4.78, 5) is 38.4. The molecular formula is C45H50O19. The van der Waals surface area contributed by atoms with E-state index < -0.39 is 109 Å². The lowest BCUT2D eigenvalue weighted by molar-refractivity contribution is -0.291. The molecule has 0 aliphatic carbocycles. The lowest BCUT2D eigenvalue weighted by Gasteiger charge is -2.39. The van der Waals surface area contributed by atoms with Crippen molar-refractivity contribution in [2.45, 2.75) is 89.1 Å². The molecule has 2 aliphatic heterocycles. The number of phenols is 3. The van der Waals surface area contributed by atoms with Crippen LogP contribution in [0.2, 0.25) is 0 Å². The first-order valence-electron chi connectivity index (χ1n) is 19.7. The Morgan fingerprint density at radius 2 is 1.20 bits per heavy atom. The Hall–Kier alpha value is -6.13. The molecule has 0 bridgehead atoms. The number of carbonyl (C=O) groups is 2. The molecule has 19 heteroatoms. The van der Waals surface area contributed by atoms with Gasteiger partial charge in [0, 0.05) is 17.2 Å². The molecular weight excluding hydrogens is 844 g/mol. The van der Waals surface area contributed by atoms with Crippen molar-refractivity contribution in [3.8, 4) is 23.0 Å². The quantitative estimate of drug-likeness (QED) is 0.0361. The number of aliphatic hydroxyl groups is 7. The monoisotopic (exact) mass is 894 g/mol. The number of fused-ring (bicyclic) bond motifs is 2. The summed E-state index contributed by atoms with van der Waals surface area (Å²) in [6.45, 7) is 5.37. The number of hydrogen-bond donors (Lipinski definition) is 10. The fraction of sp³-hybridized carbons (Fsp3) is 0.356. The van der Waals surface area contributed by atoms with Gasteiger partial charge in [-0.3, -0.25) is 4.79 Å². The van der Waals surface area contributed by atoms with E-state index in [-0.39, 0.29) is 38.8 Å². The molecule has 3 heterocycles. The number of hydrogen-bond acceptors (Lipinski definition) is 19. The number of rotatable bonds is 14. The van der Waals surface area contributed by atoms with Crippen LogP contribution in [0.25, 0.3) is 21.9 Å². The number of aliphatic hydroxyl groups excluding tert-OH is 7. The van der Waals surface area contributed by atoms with E-state index in [2.05, 4.69) is 0 Å². The maximum Gasteiger partial charge on any atom is 0.336 e. The van der Waals surface area contributed by atoms with Gasteiger partial charge in [-0.05, 0) is 45.9 Å². The Morgan fingerprint density at radius 3 is 1.81 bits per heavy atom. The van der Waals surface area contributed by atoms with Crippen molar-refractivity contribution >= 4 is 33.9 Å². The summed E-state index contributed by atoms with van der Waals surface area (Å²) >= 11 is 0. The summed E-state index contributed by atoms with van der Waals surface area (Å²) in [5.74, 6) is -3.85. The molecule has 1 aromatic heterocycles. The fourth-order valence-corrected chi connectivity index (χ4v) is 6.29. The first kappa shape index (κ1) is 48.9. The molecule has 344 valence electrons. The zero-order valence-corrected chi connectivity index (χ0v) is 34.9. The van der Waals surface area contributed by atoms with Gasteiger partial charge in [-0.15, -0.1) is 0 Å². The molecule has 10 N–H and O–H groups in total. The van der Waals surface area contributed by atoms with Gasteiger partial charge >= 0.3 is 11.9 Å². The Kier molecular flexibility index (Phi) is 16.4. The number of aromatic hydroxyl groups is 3. The van der Waals surface area contributed by atoms with Crippen LogP contribution in [0.15, 0.2) is 117 Å². The summed E-state index contributed by atoms with van der Waals surface area (Å²) in [5, 5.41) is 101. The zero-order valence-electron chi connectivity index (χ0n) is 34.9. The summed E-state index contributed by atoms with van der Waals surface area (Å²) in [6.07, 6.45) is 0.486.